The van der Waals surface area contributed by atoms with Crippen molar-refractivity contribution in [3.63, 3.8) is 0 Å². The Morgan fingerprint density at radius 3 is 2.19 bits per heavy atom. The van der Waals surface area contributed by atoms with Crippen LogP contribution in [0.4, 0.5) is 4.79 Å². The number of aliphatic carboxylic acids is 1. The summed E-state index contributed by atoms with van der Waals surface area (Å²) in [5, 5.41) is 14.1. The van der Waals surface area contributed by atoms with Crippen LogP contribution in [-0.2, 0) is 9.59 Å². The minimum atomic E-state index is -0.938. The molecule has 0 aromatic rings. The fraction of sp³-hybridized carbons (Fsp3) is 0.786. The van der Waals surface area contributed by atoms with Gasteiger partial charge < -0.3 is 20.6 Å². The summed E-state index contributed by atoms with van der Waals surface area (Å²) in [6, 6.07) is -1.12. The van der Waals surface area contributed by atoms with E-state index < -0.39 is 24.0 Å². The molecule has 1 fully saturated rings. The standard InChI is InChI=1S/C14H25N3O4/c1-9(2)11(13(19)20)8-15-14(21)16-10(3)12(18)17-6-4-5-7-17/h9-11H,4-8H2,1-3H3,(H,19,20)(H2,15,16,21). The molecule has 0 aliphatic carbocycles. The molecule has 3 amide bonds. The molecule has 2 unspecified atom stereocenters. The van der Waals surface area contributed by atoms with E-state index in [2.05, 4.69) is 10.6 Å². The third-order valence-corrected chi connectivity index (χ3v) is 3.74. The molecule has 0 saturated carbocycles. The number of hydrogen-bond donors (Lipinski definition) is 3. The molecule has 7 heteroatoms. The average molecular weight is 299 g/mol. The maximum absolute atomic E-state index is 12.0. The molecule has 1 saturated heterocycles. The van der Waals surface area contributed by atoms with Gasteiger partial charge in [0.1, 0.15) is 6.04 Å². The molecule has 0 aromatic heterocycles. The Kier molecular flexibility index (Phi) is 6.45. The molecular weight excluding hydrogens is 274 g/mol. The maximum Gasteiger partial charge on any atom is 0.315 e. The van der Waals surface area contributed by atoms with Crippen LogP contribution in [0.3, 0.4) is 0 Å². The quantitative estimate of drug-likeness (QED) is 0.670. The van der Waals surface area contributed by atoms with Gasteiger partial charge in [0.2, 0.25) is 5.91 Å². The van der Waals surface area contributed by atoms with Crippen LogP contribution in [0, 0.1) is 11.8 Å². The molecule has 21 heavy (non-hydrogen) atoms. The summed E-state index contributed by atoms with van der Waals surface area (Å²) in [7, 11) is 0. The van der Waals surface area contributed by atoms with Crippen molar-refractivity contribution >= 4 is 17.9 Å². The zero-order valence-corrected chi connectivity index (χ0v) is 12.9. The number of carboxylic acid groups (broad SMARTS) is 1. The minimum absolute atomic E-state index is 0.0451. The molecule has 3 N–H and O–H groups in total. The second kappa shape index (κ2) is 7.85. The fourth-order valence-electron chi connectivity index (χ4n) is 2.33. The van der Waals surface area contributed by atoms with E-state index >= 15 is 0 Å². The van der Waals surface area contributed by atoms with E-state index in [4.69, 9.17) is 5.11 Å². The predicted octanol–water partition coefficient (Wildman–Crippen LogP) is 0.653. The van der Waals surface area contributed by atoms with Crippen LogP contribution in [0.15, 0.2) is 0 Å². The zero-order chi connectivity index (χ0) is 16.0. The number of nitrogens with one attached hydrogen (secondary N) is 2. The van der Waals surface area contributed by atoms with E-state index in [1.165, 1.54) is 0 Å². The first-order valence-electron chi connectivity index (χ1n) is 7.39. The van der Waals surface area contributed by atoms with E-state index in [0.29, 0.717) is 0 Å². The Balaban J connectivity index is 2.38. The van der Waals surface area contributed by atoms with Crippen LogP contribution < -0.4 is 10.6 Å². The number of carboxylic acids is 1. The lowest BCUT2D eigenvalue weighted by Gasteiger charge is -2.22. The van der Waals surface area contributed by atoms with E-state index in [9.17, 15) is 14.4 Å². The average Bonchev–Trinajstić information content (AvgIpc) is 2.90. The molecule has 0 bridgehead atoms. The number of hydrogen-bond acceptors (Lipinski definition) is 3. The van der Waals surface area contributed by atoms with Crippen LogP contribution in [-0.4, -0.2) is 53.6 Å². The molecule has 1 aliphatic heterocycles. The number of amides is 3. The maximum atomic E-state index is 12.0. The normalized spacial score (nSPS) is 17.4. The topological polar surface area (TPSA) is 98.7 Å². The van der Waals surface area contributed by atoms with E-state index in [1.807, 2.05) is 0 Å². The summed E-state index contributed by atoms with van der Waals surface area (Å²) in [5.41, 5.74) is 0. The highest BCUT2D eigenvalue weighted by Gasteiger charge is 2.25. The van der Waals surface area contributed by atoms with Crippen LogP contribution in [0.1, 0.15) is 33.6 Å². The van der Waals surface area contributed by atoms with Gasteiger partial charge in [0, 0.05) is 19.6 Å². The van der Waals surface area contributed by atoms with Crippen LogP contribution in [0.5, 0.6) is 0 Å². The lowest BCUT2D eigenvalue weighted by Crippen LogP contribution is -2.50. The lowest BCUT2D eigenvalue weighted by atomic mass is 9.96. The van der Waals surface area contributed by atoms with E-state index in [1.54, 1.807) is 25.7 Å². The fourth-order valence-corrected chi connectivity index (χ4v) is 2.33. The highest BCUT2D eigenvalue weighted by Crippen LogP contribution is 2.10. The van der Waals surface area contributed by atoms with Gasteiger partial charge in [-0.25, -0.2) is 4.79 Å². The molecule has 2 atom stereocenters. The third kappa shape index (κ3) is 5.24. The summed E-state index contributed by atoms with van der Waals surface area (Å²) in [6.45, 7) is 6.73. The second-order valence-corrected chi connectivity index (χ2v) is 5.80. The van der Waals surface area contributed by atoms with Gasteiger partial charge in [-0.3, -0.25) is 9.59 Å². The lowest BCUT2D eigenvalue weighted by molar-refractivity contribution is -0.143. The van der Waals surface area contributed by atoms with Gasteiger partial charge in [-0.15, -0.1) is 0 Å². The summed E-state index contributed by atoms with van der Waals surface area (Å²) >= 11 is 0. The molecule has 1 heterocycles. The van der Waals surface area contributed by atoms with Gasteiger partial charge in [-0.2, -0.15) is 0 Å². The van der Waals surface area contributed by atoms with Gasteiger partial charge >= 0.3 is 12.0 Å². The van der Waals surface area contributed by atoms with Crippen molar-refractivity contribution in [1.82, 2.24) is 15.5 Å². The smallest absolute Gasteiger partial charge is 0.315 e. The molecule has 1 rings (SSSR count). The molecule has 7 nitrogen and oxygen atoms in total. The Morgan fingerprint density at radius 1 is 1.14 bits per heavy atom. The molecule has 0 aromatic carbocycles. The monoisotopic (exact) mass is 299 g/mol. The van der Waals surface area contributed by atoms with Gasteiger partial charge in [-0.1, -0.05) is 13.8 Å². The number of carbonyl (C=O) groups excluding carboxylic acids is 2. The predicted molar refractivity (Wildman–Crippen MR) is 77.8 cm³/mol. The number of nitrogens with zero attached hydrogens (tertiary/aromatic N) is 1. The van der Waals surface area contributed by atoms with E-state index in [-0.39, 0.29) is 18.4 Å². The Labute approximate surface area is 125 Å². The zero-order valence-electron chi connectivity index (χ0n) is 12.9. The van der Waals surface area contributed by atoms with Crippen molar-refractivity contribution < 1.29 is 19.5 Å². The largest absolute Gasteiger partial charge is 0.481 e. The van der Waals surface area contributed by atoms with Crippen LogP contribution in [0.25, 0.3) is 0 Å². The van der Waals surface area contributed by atoms with Gasteiger partial charge in [0.25, 0.3) is 0 Å². The molecule has 0 radical (unpaired) electrons. The van der Waals surface area contributed by atoms with Crippen LogP contribution >= 0.6 is 0 Å². The van der Waals surface area contributed by atoms with Crippen molar-refractivity contribution in [2.75, 3.05) is 19.6 Å². The van der Waals surface area contributed by atoms with Gasteiger partial charge in [0.05, 0.1) is 5.92 Å². The first-order chi connectivity index (χ1) is 9.82. The SMILES string of the molecule is CC(NC(=O)NCC(C(=O)O)C(C)C)C(=O)N1CCCC1. The van der Waals surface area contributed by atoms with E-state index in [0.717, 1.165) is 25.9 Å². The highest BCUT2D eigenvalue weighted by atomic mass is 16.4. The number of likely N-dealkylation sites (tertiary alicyclic amines) is 1. The first kappa shape index (κ1) is 17.3. The Morgan fingerprint density at radius 2 is 1.71 bits per heavy atom. The van der Waals surface area contributed by atoms with Crippen molar-refractivity contribution in [2.45, 2.75) is 39.7 Å². The summed E-state index contributed by atoms with van der Waals surface area (Å²) in [5.74, 6) is -1.75. The van der Waals surface area contributed by atoms with Crippen molar-refractivity contribution in [3.05, 3.63) is 0 Å². The van der Waals surface area contributed by atoms with Crippen LogP contribution in [0.2, 0.25) is 0 Å². The highest BCUT2D eigenvalue weighted by molar-refractivity contribution is 5.87. The number of urea groups is 1. The minimum Gasteiger partial charge on any atom is -0.481 e. The number of carbonyl (C=O) groups is 3. The molecular formula is C14H25N3O4. The molecule has 0 spiro atoms. The van der Waals surface area contributed by atoms with Gasteiger partial charge in [-0.05, 0) is 25.7 Å². The van der Waals surface area contributed by atoms with Gasteiger partial charge in [0.15, 0.2) is 0 Å². The number of rotatable bonds is 6. The van der Waals surface area contributed by atoms with Crippen molar-refractivity contribution in [2.24, 2.45) is 11.8 Å². The summed E-state index contributed by atoms with van der Waals surface area (Å²) < 4.78 is 0. The van der Waals surface area contributed by atoms with Crippen molar-refractivity contribution in [1.29, 1.82) is 0 Å². The summed E-state index contributed by atoms with van der Waals surface area (Å²) in [4.78, 5) is 36.5. The summed E-state index contributed by atoms with van der Waals surface area (Å²) in [6.07, 6.45) is 2.00. The Hall–Kier alpha value is -1.79. The second-order valence-electron chi connectivity index (χ2n) is 5.80. The first-order valence-corrected chi connectivity index (χ1v) is 7.39. The Bertz CT molecular complexity index is 392. The third-order valence-electron chi connectivity index (χ3n) is 3.74. The van der Waals surface area contributed by atoms with Crippen molar-refractivity contribution in [3.8, 4) is 0 Å². The molecule has 1 aliphatic rings. The molecule has 120 valence electrons.